The summed E-state index contributed by atoms with van der Waals surface area (Å²) < 4.78 is 25.9. The van der Waals surface area contributed by atoms with Crippen molar-refractivity contribution in [1.29, 1.82) is 5.26 Å². The molecule has 0 aromatic heterocycles. The maximum absolute atomic E-state index is 13.7. The van der Waals surface area contributed by atoms with Crippen LogP contribution in [0.25, 0.3) is 6.08 Å². The first-order valence-corrected chi connectivity index (χ1v) is 9.84. The molecular formula is C21H20FIN2O3. The number of anilines is 1. The van der Waals surface area contributed by atoms with Gasteiger partial charge in [0.25, 0.3) is 5.91 Å². The van der Waals surface area contributed by atoms with Gasteiger partial charge in [0, 0.05) is 0 Å². The number of nitrogens with one attached hydrogen (secondary N) is 1. The Bertz CT molecular complexity index is 922. The zero-order chi connectivity index (χ0) is 20.5. The van der Waals surface area contributed by atoms with Gasteiger partial charge in [-0.3, -0.25) is 4.79 Å². The standard InChI is InChI=1S/C21H20FIN2O3/c1-3-9-28-20-17(23)11-14(12-19(20)27-4-2)10-15(13-24)21(26)25-18-8-6-5-7-16(18)22/h5-8,10-12H,3-4,9H2,1-2H3,(H,25,26)/b15-10+. The summed E-state index contributed by atoms with van der Waals surface area (Å²) in [6, 6.07) is 11.1. The molecule has 1 amide bonds. The molecule has 0 unspecified atom stereocenters. The Morgan fingerprint density at radius 1 is 1.29 bits per heavy atom. The molecule has 0 spiro atoms. The molecule has 0 radical (unpaired) electrons. The van der Waals surface area contributed by atoms with Crippen LogP contribution in [0.2, 0.25) is 0 Å². The van der Waals surface area contributed by atoms with Gasteiger partial charge in [0.1, 0.15) is 17.5 Å². The molecule has 2 aromatic rings. The molecule has 0 aliphatic heterocycles. The summed E-state index contributed by atoms with van der Waals surface area (Å²) in [4.78, 5) is 12.4. The minimum absolute atomic E-state index is 0.0153. The highest BCUT2D eigenvalue weighted by molar-refractivity contribution is 14.1. The molecule has 1 N–H and O–H groups in total. The highest BCUT2D eigenvalue weighted by atomic mass is 127. The van der Waals surface area contributed by atoms with E-state index in [-0.39, 0.29) is 11.3 Å². The zero-order valence-corrected chi connectivity index (χ0v) is 17.7. The van der Waals surface area contributed by atoms with Crippen molar-refractivity contribution in [2.24, 2.45) is 0 Å². The van der Waals surface area contributed by atoms with Gasteiger partial charge in [-0.05, 0) is 71.8 Å². The van der Waals surface area contributed by atoms with Gasteiger partial charge in [-0.25, -0.2) is 4.39 Å². The van der Waals surface area contributed by atoms with E-state index >= 15 is 0 Å². The van der Waals surface area contributed by atoms with Crippen molar-refractivity contribution in [1.82, 2.24) is 0 Å². The monoisotopic (exact) mass is 494 g/mol. The van der Waals surface area contributed by atoms with Crippen molar-refractivity contribution >= 4 is 40.3 Å². The molecule has 28 heavy (non-hydrogen) atoms. The number of nitrogens with zero attached hydrogens (tertiary/aromatic N) is 1. The number of amides is 1. The van der Waals surface area contributed by atoms with Crippen LogP contribution in [0, 0.1) is 20.7 Å². The van der Waals surface area contributed by atoms with Crippen LogP contribution >= 0.6 is 22.6 Å². The van der Waals surface area contributed by atoms with E-state index in [2.05, 4.69) is 27.9 Å². The third kappa shape index (κ3) is 5.70. The van der Waals surface area contributed by atoms with Crippen LogP contribution in [-0.4, -0.2) is 19.1 Å². The maximum Gasteiger partial charge on any atom is 0.266 e. The van der Waals surface area contributed by atoms with Gasteiger partial charge in [-0.1, -0.05) is 19.1 Å². The number of carbonyl (C=O) groups is 1. The lowest BCUT2D eigenvalue weighted by molar-refractivity contribution is -0.112. The lowest BCUT2D eigenvalue weighted by Crippen LogP contribution is -2.14. The fourth-order valence-corrected chi connectivity index (χ4v) is 3.13. The largest absolute Gasteiger partial charge is 0.490 e. The molecule has 0 bridgehead atoms. The zero-order valence-electron chi connectivity index (χ0n) is 15.6. The van der Waals surface area contributed by atoms with Gasteiger partial charge in [-0.15, -0.1) is 0 Å². The molecule has 0 saturated carbocycles. The van der Waals surface area contributed by atoms with Crippen LogP contribution in [0.4, 0.5) is 10.1 Å². The summed E-state index contributed by atoms with van der Waals surface area (Å²) >= 11 is 2.12. The Balaban J connectivity index is 2.33. The van der Waals surface area contributed by atoms with E-state index in [1.54, 1.807) is 18.2 Å². The van der Waals surface area contributed by atoms with Crippen molar-refractivity contribution in [3.63, 3.8) is 0 Å². The molecule has 0 aliphatic carbocycles. The first-order chi connectivity index (χ1) is 13.5. The second-order valence-corrected chi connectivity index (χ2v) is 6.88. The van der Waals surface area contributed by atoms with Crippen molar-refractivity contribution in [2.75, 3.05) is 18.5 Å². The summed E-state index contributed by atoms with van der Waals surface area (Å²) in [5.74, 6) is -0.0812. The van der Waals surface area contributed by atoms with E-state index in [0.717, 1.165) is 9.99 Å². The van der Waals surface area contributed by atoms with Gasteiger partial charge in [0.05, 0.1) is 22.5 Å². The summed E-state index contributed by atoms with van der Waals surface area (Å²) in [7, 11) is 0. The van der Waals surface area contributed by atoms with E-state index in [9.17, 15) is 14.4 Å². The highest BCUT2D eigenvalue weighted by Crippen LogP contribution is 2.35. The third-order valence-electron chi connectivity index (χ3n) is 3.58. The van der Waals surface area contributed by atoms with Crippen LogP contribution in [-0.2, 0) is 4.79 Å². The van der Waals surface area contributed by atoms with Crippen LogP contribution in [0.3, 0.4) is 0 Å². The Morgan fingerprint density at radius 2 is 2.04 bits per heavy atom. The average Bonchev–Trinajstić information content (AvgIpc) is 2.67. The number of ether oxygens (including phenoxy) is 2. The molecule has 0 atom stereocenters. The lowest BCUT2D eigenvalue weighted by Gasteiger charge is -2.14. The molecule has 146 valence electrons. The molecule has 2 aromatic carbocycles. The Morgan fingerprint density at radius 3 is 2.68 bits per heavy atom. The van der Waals surface area contributed by atoms with Crippen molar-refractivity contribution in [2.45, 2.75) is 20.3 Å². The Hall–Kier alpha value is -2.60. The number of hydrogen-bond donors (Lipinski definition) is 1. The Kier molecular flexibility index (Phi) is 8.26. The van der Waals surface area contributed by atoms with Gasteiger partial charge < -0.3 is 14.8 Å². The quantitative estimate of drug-likeness (QED) is 0.313. The van der Waals surface area contributed by atoms with E-state index in [4.69, 9.17) is 9.47 Å². The normalized spacial score (nSPS) is 10.9. The summed E-state index contributed by atoms with van der Waals surface area (Å²) in [6.07, 6.45) is 2.29. The fourth-order valence-electron chi connectivity index (χ4n) is 2.35. The SMILES string of the molecule is CCCOc1c(I)cc(/C=C(\C#N)C(=O)Nc2ccccc2F)cc1OCC. The maximum atomic E-state index is 13.7. The topological polar surface area (TPSA) is 71.3 Å². The summed E-state index contributed by atoms with van der Waals surface area (Å²) in [5.41, 5.74) is 0.474. The average molecular weight is 494 g/mol. The first-order valence-electron chi connectivity index (χ1n) is 8.76. The summed E-state index contributed by atoms with van der Waals surface area (Å²) in [5, 5.41) is 11.8. The van der Waals surface area contributed by atoms with E-state index < -0.39 is 11.7 Å². The summed E-state index contributed by atoms with van der Waals surface area (Å²) in [6.45, 7) is 4.88. The second-order valence-electron chi connectivity index (χ2n) is 5.72. The smallest absolute Gasteiger partial charge is 0.266 e. The second kappa shape index (κ2) is 10.7. The van der Waals surface area contributed by atoms with Gasteiger partial charge in [0.15, 0.2) is 11.5 Å². The predicted octanol–water partition coefficient (Wildman–Crippen LogP) is 5.16. The van der Waals surface area contributed by atoms with Gasteiger partial charge >= 0.3 is 0 Å². The van der Waals surface area contributed by atoms with Crippen LogP contribution in [0.5, 0.6) is 11.5 Å². The minimum atomic E-state index is -0.688. The number of nitriles is 1. The number of hydrogen-bond acceptors (Lipinski definition) is 4. The molecule has 7 heteroatoms. The molecule has 0 heterocycles. The number of benzene rings is 2. The number of rotatable bonds is 8. The molecule has 0 saturated heterocycles. The molecule has 5 nitrogen and oxygen atoms in total. The van der Waals surface area contributed by atoms with E-state index in [1.807, 2.05) is 19.9 Å². The number of halogens is 2. The van der Waals surface area contributed by atoms with E-state index in [0.29, 0.717) is 30.3 Å². The third-order valence-corrected chi connectivity index (χ3v) is 4.38. The van der Waals surface area contributed by atoms with Crippen LogP contribution in [0.15, 0.2) is 42.0 Å². The van der Waals surface area contributed by atoms with E-state index in [1.165, 1.54) is 24.3 Å². The predicted molar refractivity (Wildman–Crippen MR) is 115 cm³/mol. The van der Waals surface area contributed by atoms with Crippen molar-refractivity contribution in [3.05, 3.63) is 56.9 Å². The lowest BCUT2D eigenvalue weighted by atomic mass is 10.1. The van der Waals surface area contributed by atoms with Crippen molar-refractivity contribution < 1.29 is 18.7 Å². The molecular weight excluding hydrogens is 474 g/mol. The fraction of sp³-hybridized carbons (Fsp3) is 0.238. The van der Waals surface area contributed by atoms with Crippen molar-refractivity contribution in [3.8, 4) is 17.6 Å². The highest BCUT2D eigenvalue weighted by Gasteiger charge is 2.15. The first kappa shape index (κ1) is 21.7. The minimum Gasteiger partial charge on any atom is -0.490 e. The van der Waals surface area contributed by atoms with Crippen LogP contribution < -0.4 is 14.8 Å². The number of para-hydroxylation sites is 1. The van der Waals surface area contributed by atoms with Gasteiger partial charge in [0.2, 0.25) is 0 Å². The molecule has 0 fully saturated rings. The Labute approximate surface area is 177 Å². The molecule has 0 aliphatic rings. The number of carbonyl (C=O) groups excluding carboxylic acids is 1. The van der Waals surface area contributed by atoms with Gasteiger partial charge in [-0.2, -0.15) is 5.26 Å². The molecule has 2 rings (SSSR count). The van der Waals surface area contributed by atoms with Crippen LogP contribution in [0.1, 0.15) is 25.8 Å².